The number of nitro benzene ring substituents is 1. The molecule has 0 spiro atoms. The molecule has 1 aliphatic rings. The highest BCUT2D eigenvalue weighted by atomic mass is 16.6. The van der Waals surface area contributed by atoms with Crippen LogP contribution in [0.1, 0.15) is 18.9 Å². The van der Waals surface area contributed by atoms with E-state index >= 15 is 0 Å². The Morgan fingerprint density at radius 3 is 2.57 bits per heavy atom. The average molecular weight is 412 g/mol. The van der Waals surface area contributed by atoms with E-state index in [0.717, 1.165) is 37.0 Å². The largest absolute Gasteiger partial charge is 0.491 e. The molecule has 0 aliphatic carbocycles. The van der Waals surface area contributed by atoms with E-state index in [1.807, 2.05) is 28.8 Å². The molecular weight excluding hydrogens is 388 g/mol. The fourth-order valence-corrected chi connectivity index (χ4v) is 4.00. The van der Waals surface area contributed by atoms with Gasteiger partial charge in [0.25, 0.3) is 5.69 Å². The summed E-state index contributed by atoms with van der Waals surface area (Å²) in [7, 11) is 0. The molecule has 3 aromatic rings. The number of imidazole rings is 1. The van der Waals surface area contributed by atoms with Crippen molar-refractivity contribution >= 4 is 16.7 Å². The molecule has 0 saturated carbocycles. The number of hydrogen-bond donors (Lipinski definition) is 2. The van der Waals surface area contributed by atoms with Crippen molar-refractivity contribution in [2.75, 3.05) is 26.2 Å². The fourth-order valence-electron chi connectivity index (χ4n) is 4.00. The zero-order valence-corrected chi connectivity index (χ0v) is 16.4. The molecule has 1 saturated heterocycles. The summed E-state index contributed by atoms with van der Waals surface area (Å²) < 4.78 is 7.39. The molecule has 9 heteroatoms. The van der Waals surface area contributed by atoms with E-state index in [-0.39, 0.29) is 24.0 Å². The zero-order chi connectivity index (χ0) is 21.1. The third-order valence-electron chi connectivity index (χ3n) is 5.51. The van der Waals surface area contributed by atoms with E-state index in [1.165, 1.54) is 24.3 Å². The summed E-state index contributed by atoms with van der Waals surface area (Å²) in [4.78, 5) is 27.7. The Bertz CT molecular complexity index is 1070. The molecule has 1 atom stereocenters. The minimum atomic E-state index is -0.674. The molecule has 9 nitrogen and oxygen atoms in total. The van der Waals surface area contributed by atoms with Crippen LogP contribution < -0.4 is 10.4 Å². The van der Waals surface area contributed by atoms with E-state index < -0.39 is 11.0 Å². The zero-order valence-electron chi connectivity index (χ0n) is 16.4. The first kappa shape index (κ1) is 20.1. The minimum absolute atomic E-state index is 0.0000712. The second-order valence-corrected chi connectivity index (χ2v) is 7.56. The maximum absolute atomic E-state index is 12.4. The number of piperidine rings is 1. The van der Waals surface area contributed by atoms with Crippen LogP contribution in [0.2, 0.25) is 0 Å². The van der Waals surface area contributed by atoms with Gasteiger partial charge in [0, 0.05) is 37.8 Å². The lowest BCUT2D eigenvalue weighted by molar-refractivity contribution is -0.384. The number of H-pyrrole nitrogens is 1. The normalized spacial score (nSPS) is 16.6. The van der Waals surface area contributed by atoms with Gasteiger partial charge < -0.3 is 19.7 Å². The molecule has 1 fully saturated rings. The number of rotatable bonds is 7. The van der Waals surface area contributed by atoms with Gasteiger partial charge in [0.1, 0.15) is 18.5 Å². The standard InChI is InChI=1S/C21H24N4O5/c26-17(14-30-18-7-5-16(6-8-18)25(28)29)13-23-11-9-15(10-12-23)24-20-4-2-1-3-19(20)22-21(24)27/h1-8,15,17,26H,9-14H2,(H,22,27). The molecular formula is C21H24N4O5. The summed E-state index contributed by atoms with van der Waals surface area (Å²) in [5.74, 6) is 0.483. The third kappa shape index (κ3) is 4.37. The highest BCUT2D eigenvalue weighted by molar-refractivity contribution is 5.75. The number of para-hydroxylation sites is 2. The van der Waals surface area contributed by atoms with Gasteiger partial charge in [0.15, 0.2) is 0 Å². The molecule has 0 radical (unpaired) electrons. The van der Waals surface area contributed by atoms with Crippen LogP contribution in [-0.4, -0.2) is 56.8 Å². The van der Waals surface area contributed by atoms with Crippen LogP contribution in [-0.2, 0) is 0 Å². The smallest absolute Gasteiger partial charge is 0.326 e. The number of hydrogen-bond acceptors (Lipinski definition) is 6. The number of β-amino-alcohol motifs (C(OH)–C–C–N with tert-alkyl or cyclic N) is 1. The van der Waals surface area contributed by atoms with E-state index in [4.69, 9.17) is 4.74 Å². The molecule has 0 bridgehead atoms. The fraction of sp³-hybridized carbons (Fsp3) is 0.381. The van der Waals surface area contributed by atoms with Gasteiger partial charge in [-0.2, -0.15) is 0 Å². The number of nitrogens with one attached hydrogen (secondary N) is 1. The summed E-state index contributed by atoms with van der Waals surface area (Å²) in [5.41, 5.74) is 1.70. The molecule has 2 heterocycles. The SMILES string of the molecule is O=c1[nH]c2ccccc2n1C1CCN(CC(O)COc2ccc([N+](=O)[O-])cc2)CC1. The van der Waals surface area contributed by atoms with Crippen LogP contribution in [0.4, 0.5) is 5.69 Å². The van der Waals surface area contributed by atoms with Gasteiger partial charge in [-0.25, -0.2) is 4.79 Å². The molecule has 1 unspecified atom stereocenters. The van der Waals surface area contributed by atoms with Crippen molar-refractivity contribution in [1.29, 1.82) is 0 Å². The lowest BCUT2D eigenvalue weighted by atomic mass is 10.0. The number of likely N-dealkylation sites (tertiary alicyclic amines) is 1. The minimum Gasteiger partial charge on any atom is -0.491 e. The van der Waals surface area contributed by atoms with Gasteiger partial charge in [-0.15, -0.1) is 0 Å². The van der Waals surface area contributed by atoms with Crippen molar-refractivity contribution in [1.82, 2.24) is 14.5 Å². The highest BCUT2D eigenvalue weighted by Gasteiger charge is 2.24. The van der Waals surface area contributed by atoms with Crippen molar-refractivity contribution in [3.8, 4) is 5.75 Å². The van der Waals surface area contributed by atoms with Crippen molar-refractivity contribution in [2.45, 2.75) is 25.0 Å². The predicted octanol–water partition coefficient (Wildman–Crippen LogP) is 2.31. The molecule has 2 N–H and O–H groups in total. The molecule has 0 amide bonds. The number of aliphatic hydroxyl groups is 1. The van der Waals surface area contributed by atoms with Gasteiger partial charge >= 0.3 is 5.69 Å². The molecule has 158 valence electrons. The molecule has 2 aromatic carbocycles. The lowest BCUT2D eigenvalue weighted by Gasteiger charge is -2.33. The monoisotopic (exact) mass is 412 g/mol. The first-order valence-corrected chi connectivity index (χ1v) is 9.98. The second kappa shape index (κ2) is 8.68. The topological polar surface area (TPSA) is 114 Å². The first-order valence-electron chi connectivity index (χ1n) is 9.98. The van der Waals surface area contributed by atoms with Crippen LogP contribution in [0, 0.1) is 10.1 Å². The third-order valence-corrected chi connectivity index (χ3v) is 5.51. The van der Waals surface area contributed by atoms with Gasteiger partial charge in [0.2, 0.25) is 0 Å². The average Bonchev–Trinajstić information content (AvgIpc) is 3.09. The van der Waals surface area contributed by atoms with Crippen molar-refractivity contribution < 1.29 is 14.8 Å². The van der Waals surface area contributed by atoms with Crippen LogP contribution in [0.3, 0.4) is 0 Å². The summed E-state index contributed by atoms with van der Waals surface area (Å²) in [6.07, 6.45) is 0.989. The van der Waals surface area contributed by atoms with Crippen molar-refractivity contribution in [2.24, 2.45) is 0 Å². The van der Waals surface area contributed by atoms with Crippen molar-refractivity contribution in [3.05, 3.63) is 69.1 Å². The summed E-state index contributed by atoms with van der Waals surface area (Å²) >= 11 is 0. The van der Waals surface area contributed by atoms with Crippen LogP contribution in [0.5, 0.6) is 5.75 Å². The molecule has 4 rings (SSSR count). The number of nitrogens with zero attached hydrogens (tertiary/aromatic N) is 3. The maximum Gasteiger partial charge on any atom is 0.326 e. The lowest BCUT2D eigenvalue weighted by Crippen LogP contribution is -2.42. The first-order chi connectivity index (χ1) is 14.5. The Morgan fingerprint density at radius 2 is 1.87 bits per heavy atom. The Hall–Kier alpha value is -3.17. The molecule has 1 aromatic heterocycles. The number of aliphatic hydroxyl groups excluding tert-OH is 1. The van der Waals surface area contributed by atoms with E-state index in [2.05, 4.69) is 9.88 Å². The number of fused-ring (bicyclic) bond motifs is 1. The Morgan fingerprint density at radius 1 is 1.17 bits per heavy atom. The summed E-state index contributed by atoms with van der Waals surface area (Å²) in [6, 6.07) is 13.6. The van der Waals surface area contributed by atoms with Gasteiger partial charge in [-0.05, 0) is 37.1 Å². The number of aromatic nitrogens is 2. The number of benzene rings is 2. The highest BCUT2D eigenvalue weighted by Crippen LogP contribution is 2.25. The van der Waals surface area contributed by atoms with Gasteiger partial charge in [-0.3, -0.25) is 14.7 Å². The van der Waals surface area contributed by atoms with Gasteiger partial charge in [-0.1, -0.05) is 12.1 Å². The van der Waals surface area contributed by atoms with E-state index in [9.17, 15) is 20.0 Å². The Kier molecular flexibility index (Phi) is 5.82. The molecule has 1 aliphatic heterocycles. The number of aromatic amines is 1. The maximum atomic E-state index is 12.4. The van der Waals surface area contributed by atoms with E-state index in [1.54, 1.807) is 0 Å². The number of non-ortho nitro benzene ring substituents is 1. The van der Waals surface area contributed by atoms with Crippen molar-refractivity contribution in [3.63, 3.8) is 0 Å². The Labute approximate surface area is 172 Å². The number of ether oxygens (including phenoxy) is 1. The molecule has 30 heavy (non-hydrogen) atoms. The van der Waals surface area contributed by atoms with Gasteiger partial charge in [0.05, 0.1) is 16.0 Å². The quantitative estimate of drug-likeness (QED) is 0.455. The van der Waals surface area contributed by atoms with E-state index in [0.29, 0.717) is 12.3 Å². The van der Waals surface area contributed by atoms with Crippen LogP contribution in [0.15, 0.2) is 53.3 Å². The Balaban J connectivity index is 1.27. The summed E-state index contributed by atoms with van der Waals surface area (Å²) in [6.45, 7) is 2.15. The number of nitro groups is 1. The van der Waals surface area contributed by atoms with Crippen LogP contribution in [0.25, 0.3) is 11.0 Å². The summed E-state index contributed by atoms with van der Waals surface area (Å²) in [5, 5.41) is 21.0. The predicted molar refractivity (Wildman–Crippen MR) is 112 cm³/mol. The van der Waals surface area contributed by atoms with Crippen LogP contribution >= 0.6 is 0 Å². The second-order valence-electron chi connectivity index (χ2n) is 7.56.